The maximum Gasteiger partial charge on any atom is 0.314 e. The molecule has 0 aliphatic carbocycles. The molecule has 66 valence electrons. The first-order valence-electron chi connectivity index (χ1n) is 3.79. The summed E-state index contributed by atoms with van der Waals surface area (Å²) in [6.45, 7) is 1.74. The minimum absolute atomic E-state index is 0.216. The lowest BCUT2D eigenvalue weighted by Crippen LogP contribution is -2.54. The van der Waals surface area contributed by atoms with Crippen molar-refractivity contribution in [3.63, 3.8) is 0 Å². The zero-order chi connectivity index (χ0) is 9.14. The van der Waals surface area contributed by atoms with Gasteiger partial charge in [-0.15, -0.1) is 0 Å². The van der Waals surface area contributed by atoms with Crippen LogP contribution in [0.2, 0.25) is 0 Å². The summed E-state index contributed by atoms with van der Waals surface area (Å²) in [5.41, 5.74) is 5.09. The van der Waals surface area contributed by atoms with Crippen LogP contribution in [-0.2, 0) is 0 Å². The SMILES string of the molecule is CN1CCN(C(N)=O)CC1C#N. The number of piperazine rings is 1. The second-order valence-electron chi connectivity index (χ2n) is 2.91. The van der Waals surface area contributed by atoms with Crippen molar-refractivity contribution in [3.05, 3.63) is 0 Å². The fraction of sp³-hybridized carbons (Fsp3) is 0.714. The fourth-order valence-corrected chi connectivity index (χ4v) is 1.21. The topological polar surface area (TPSA) is 73.4 Å². The van der Waals surface area contributed by atoms with E-state index in [2.05, 4.69) is 6.07 Å². The van der Waals surface area contributed by atoms with Crippen molar-refractivity contribution in [3.8, 4) is 6.07 Å². The summed E-state index contributed by atoms with van der Waals surface area (Å²) in [6, 6.07) is 1.46. The monoisotopic (exact) mass is 168 g/mol. The Hall–Kier alpha value is -1.28. The molecule has 0 aromatic heterocycles. The van der Waals surface area contributed by atoms with Crippen LogP contribution >= 0.6 is 0 Å². The Labute approximate surface area is 71.3 Å². The number of hydrogen-bond acceptors (Lipinski definition) is 3. The van der Waals surface area contributed by atoms with Gasteiger partial charge in [0.05, 0.1) is 12.6 Å². The molecule has 0 aromatic rings. The third-order valence-corrected chi connectivity index (χ3v) is 2.11. The van der Waals surface area contributed by atoms with Gasteiger partial charge in [0.25, 0.3) is 0 Å². The van der Waals surface area contributed by atoms with E-state index in [1.807, 2.05) is 11.9 Å². The Balaban J connectivity index is 2.57. The van der Waals surface area contributed by atoms with Crippen LogP contribution in [0.15, 0.2) is 0 Å². The highest BCUT2D eigenvalue weighted by Crippen LogP contribution is 2.05. The molecule has 0 bridgehead atoms. The van der Waals surface area contributed by atoms with Crippen molar-refractivity contribution in [1.29, 1.82) is 5.26 Å². The number of amides is 2. The number of primary amides is 1. The van der Waals surface area contributed by atoms with E-state index >= 15 is 0 Å². The van der Waals surface area contributed by atoms with Crippen molar-refractivity contribution in [2.24, 2.45) is 5.73 Å². The summed E-state index contributed by atoms with van der Waals surface area (Å²) in [5.74, 6) is 0. The first kappa shape index (κ1) is 8.81. The van der Waals surface area contributed by atoms with Crippen LogP contribution in [0.25, 0.3) is 0 Å². The molecule has 1 fully saturated rings. The van der Waals surface area contributed by atoms with Crippen LogP contribution in [0.3, 0.4) is 0 Å². The highest BCUT2D eigenvalue weighted by molar-refractivity contribution is 5.72. The van der Waals surface area contributed by atoms with E-state index < -0.39 is 6.03 Å². The molecule has 1 aliphatic heterocycles. The molecule has 5 heteroatoms. The molecule has 2 N–H and O–H groups in total. The molecule has 0 aromatic carbocycles. The van der Waals surface area contributed by atoms with Crippen LogP contribution in [0, 0.1) is 11.3 Å². The summed E-state index contributed by atoms with van der Waals surface area (Å²) in [7, 11) is 1.87. The first-order valence-corrected chi connectivity index (χ1v) is 3.79. The average Bonchev–Trinajstić information content (AvgIpc) is 2.05. The van der Waals surface area contributed by atoms with Gasteiger partial charge in [0.15, 0.2) is 0 Å². The number of nitrogens with zero attached hydrogens (tertiary/aromatic N) is 3. The Bertz CT molecular complexity index is 222. The average molecular weight is 168 g/mol. The van der Waals surface area contributed by atoms with Crippen LogP contribution in [0.4, 0.5) is 4.79 Å². The van der Waals surface area contributed by atoms with Crippen molar-refractivity contribution in [1.82, 2.24) is 9.80 Å². The molecule has 0 spiro atoms. The van der Waals surface area contributed by atoms with Gasteiger partial charge in [0.1, 0.15) is 6.04 Å². The molecule has 0 saturated carbocycles. The zero-order valence-electron chi connectivity index (χ0n) is 7.03. The summed E-state index contributed by atoms with van der Waals surface area (Å²) in [5, 5.41) is 8.69. The van der Waals surface area contributed by atoms with Gasteiger partial charge < -0.3 is 10.6 Å². The molecule has 1 atom stereocenters. The highest BCUT2D eigenvalue weighted by Gasteiger charge is 2.25. The van der Waals surface area contributed by atoms with E-state index in [0.717, 1.165) is 0 Å². The summed E-state index contributed by atoms with van der Waals surface area (Å²) in [4.78, 5) is 14.2. The zero-order valence-corrected chi connectivity index (χ0v) is 7.03. The number of nitrogens with two attached hydrogens (primary N) is 1. The lowest BCUT2D eigenvalue weighted by Gasteiger charge is -2.34. The van der Waals surface area contributed by atoms with Crippen LogP contribution < -0.4 is 5.73 Å². The fourth-order valence-electron chi connectivity index (χ4n) is 1.21. The van der Waals surface area contributed by atoms with E-state index in [-0.39, 0.29) is 6.04 Å². The van der Waals surface area contributed by atoms with Crippen molar-refractivity contribution in [2.45, 2.75) is 6.04 Å². The summed E-state index contributed by atoms with van der Waals surface area (Å²) < 4.78 is 0. The van der Waals surface area contributed by atoms with E-state index in [1.54, 1.807) is 0 Å². The van der Waals surface area contributed by atoms with Crippen molar-refractivity contribution in [2.75, 3.05) is 26.7 Å². The van der Waals surface area contributed by atoms with Crippen LogP contribution in [0.1, 0.15) is 0 Å². The Morgan fingerprint density at radius 3 is 2.83 bits per heavy atom. The second-order valence-corrected chi connectivity index (χ2v) is 2.91. The molecule has 1 unspecified atom stereocenters. The predicted molar refractivity (Wildman–Crippen MR) is 43.2 cm³/mol. The van der Waals surface area contributed by atoms with Gasteiger partial charge in [0, 0.05) is 13.1 Å². The Morgan fingerprint density at radius 2 is 2.33 bits per heavy atom. The maximum atomic E-state index is 10.7. The van der Waals surface area contributed by atoms with Gasteiger partial charge in [-0.3, -0.25) is 4.90 Å². The molecule has 5 nitrogen and oxygen atoms in total. The molecular formula is C7H12N4O. The van der Waals surface area contributed by atoms with E-state index in [4.69, 9.17) is 11.0 Å². The molecule has 1 heterocycles. The molecule has 12 heavy (non-hydrogen) atoms. The lowest BCUT2D eigenvalue weighted by atomic mass is 10.2. The predicted octanol–water partition coefficient (Wildman–Crippen LogP) is -0.795. The third kappa shape index (κ3) is 1.66. The lowest BCUT2D eigenvalue weighted by molar-refractivity contribution is 0.138. The van der Waals surface area contributed by atoms with Gasteiger partial charge in [0.2, 0.25) is 0 Å². The third-order valence-electron chi connectivity index (χ3n) is 2.11. The molecule has 2 amide bonds. The minimum Gasteiger partial charge on any atom is -0.351 e. The first-order chi connectivity index (χ1) is 5.65. The number of urea groups is 1. The van der Waals surface area contributed by atoms with Gasteiger partial charge in [-0.05, 0) is 7.05 Å². The van der Waals surface area contributed by atoms with E-state index in [0.29, 0.717) is 19.6 Å². The number of rotatable bonds is 0. The van der Waals surface area contributed by atoms with Gasteiger partial charge >= 0.3 is 6.03 Å². The molecule has 0 radical (unpaired) electrons. The Kier molecular flexibility index (Phi) is 2.51. The smallest absolute Gasteiger partial charge is 0.314 e. The van der Waals surface area contributed by atoms with Crippen molar-refractivity contribution >= 4 is 6.03 Å². The number of carbonyl (C=O) groups excluding carboxylic acids is 1. The normalized spacial score (nSPS) is 25.0. The van der Waals surface area contributed by atoms with Crippen LogP contribution in [-0.4, -0.2) is 48.6 Å². The quantitative estimate of drug-likeness (QED) is 0.515. The van der Waals surface area contributed by atoms with Crippen molar-refractivity contribution < 1.29 is 4.79 Å². The van der Waals surface area contributed by atoms with E-state index in [1.165, 1.54) is 4.90 Å². The standard InChI is InChI=1S/C7H12N4O/c1-10-2-3-11(7(9)12)5-6(10)4-8/h6H,2-3,5H2,1H3,(H2,9,12). The molecule has 1 saturated heterocycles. The number of likely N-dealkylation sites (N-methyl/N-ethyl adjacent to an activating group) is 1. The molecule has 1 aliphatic rings. The largest absolute Gasteiger partial charge is 0.351 e. The Morgan fingerprint density at radius 1 is 1.67 bits per heavy atom. The number of hydrogen-bond donors (Lipinski definition) is 1. The number of nitriles is 1. The molecule has 1 rings (SSSR count). The van der Waals surface area contributed by atoms with Gasteiger partial charge in [-0.25, -0.2) is 4.79 Å². The van der Waals surface area contributed by atoms with E-state index in [9.17, 15) is 4.79 Å². The maximum absolute atomic E-state index is 10.7. The summed E-state index contributed by atoms with van der Waals surface area (Å²) in [6.07, 6.45) is 0. The minimum atomic E-state index is -0.441. The van der Waals surface area contributed by atoms with Gasteiger partial charge in [-0.2, -0.15) is 5.26 Å². The summed E-state index contributed by atoms with van der Waals surface area (Å²) >= 11 is 0. The van der Waals surface area contributed by atoms with Crippen LogP contribution in [0.5, 0.6) is 0 Å². The van der Waals surface area contributed by atoms with Gasteiger partial charge in [-0.1, -0.05) is 0 Å². The molecular weight excluding hydrogens is 156 g/mol. The highest BCUT2D eigenvalue weighted by atomic mass is 16.2. The second kappa shape index (κ2) is 3.41. The number of carbonyl (C=O) groups is 1.